The van der Waals surface area contributed by atoms with Crippen molar-refractivity contribution in [2.24, 2.45) is 11.5 Å². The molecule has 0 aliphatic heterocycles. The first-order valence-electron chi connectivity index (χ1n) is 9.07. The summed E-state index contributed by atoms with van der Waals surface area (Å²) in [5.41, 5.74) is 12.4. The van der Waals surface area contributed by atoms with Crippen LogP contribution in [-0.2, 0) is 9.59 Å². The van der Waals surface area contributed by atoms with Gasteiger partial charge in [-0.05, 0) is 31.9 Å². The molecule has 9 heteroatoms. The topological polar surface area (TPSA) is 160 Å². The van der Waals surface area contributed by atoms with E-state index in [1.165, 1.54) is 6.20 Å². The van der Waals surface area contributed by atoms with Crippen LogP contribution < -0.4 is 22.1 Å². The number of rotatable bonds is 11. The number of primary amides is 1. The van der Waals surface area contributed by atoms with Gasteiger partial charge in [0.2, 0.25) is 5.91 Å². The van der Waals surface area contributed by atoms with Crippen molar-refractivity contribution in [3.63, 3.8) is 0 Å². The number of hydrogen-bond donors (Lipinski definition) is 5. The Labute approximate surface area is 162 Å². The van der Waals surface area contributed by atoms with Crippen LogP contribution in [0.2, 0.25) is 0 Å². The number of hydrogen-bond acceptors (Lipinski definition) is 6. The molecule has 0 aliphatic rings. The molecule has 7 N–H and O–H groups in total. The number of aliphatic carboxylic acids is 1. The first-order chi connectivity index (χ1) is 13.4. The Morgan fingerprint density at radius 1 is 1.18 bits per heavy atom. The van der Waals surface area contributed by atoms with E-state index < -0.39 is 23.8 Å². The second kappa shape index (κ2) is 10.2. The van der Waals surface area contributed by atoms with Crippen molar-refractivity contribution in [1.29, 1.82) is 0 Å². The van der Waals surface area contributed by atoms with E-state index in [4.69, 9.17) is 16.6 Å². The normalized spacial score (nSPS) is 11.8. The zero-order chi connectivity index (χ0) is 20.5. The van der Waals surface area contributed by atoms with E-state index in [2.05, 4.69) is 15.6 Å². The maximum absolute atomic E-state index is 12.8. The van der Waals surface area contributed by atoms with Gasteiger partial charge in [-0.15, -0.1) is 0 Å². The first kappa shape index (κ1) is 21.1. The Morgan fingerprint density at radius 3 is 2.61 bits per heavy atom. The molecule has 0 radical (unpaired) electrons. The highest BCUT2D eigenvalue weighted by molar-refractivity contribution is 6.08. The van der Waals surface area contributed by atoms with Crippen LogP contribution in [0.1, 0.15) is 36.0 Å². The van der Waals surface area contributed by atoms with E-state index in [0.717, 1.165) is 23.7 Å². The first-order valence-corrected chi connectivity index (χ1v) is 9.07. The molecule has 0 bridgehead atoms. The second-order valence-corrected chi connectivity index (χ2v) is 6.35. The third kappa shape index (κ3) is 5.65. The number of carboxylic acid groups (broad SMARTS) is 1. The molecular weight excluding hydrogens is 362 g/mol. The molecule has 2 rings (SSSR count). The van der Waals surface area contributed by atoms with Gasteiger partial charge in [-0.2, -0.15) is 0 Å². The number of carboxylic acids is 1. The van der Waals surface area contributed by atoms with Crippen molar-refractivity contribution in [3.05, 3.63) is 36.0 Å². The number of anilines is 1. The lowest BCUT2D eigenvalue weighted by atomic mass is 10.1. The summed E-state index contributed by atoms with van der Waals surface area (Å²) < 4.78 is 0. The molecule has 0 spiro atoms. The smallest absolute Gasteiger partial charge is 0.303 e. The van der Waals surface area contributed by atoms with Crippen LogP contribution in [0, 0.1) is 0 Å². The zero-order valence-electron chi connectivity index (χ0n) is 15.5. The Balaban J connectivity index is 2.28. The van der Waals surface area contributed by atoms with E-state index in [-0.39, 0.29) is 18.4 Å². The van der Waals surface area contributed by atoms with Crippen molar-refractivity contribution >= 4 is 34.4 Å². The third-order valence-corrected chi connectivity index (χ3v) is 4.25. The molecule has 1 heterocycles. The number of aromatic nitrogens is 1. The number of amides is 2. The van der Waals surface area contributed by atoms with Crippen LogP contribution in [0.5, 0.6) is 0 Å². The zero-order valence-corrected chi connectivity index (χ0v) is 15.5. The second-order valence-electron chi connectivity index (χ2n) is 6.35. The lowest BCUT2D eigenvalue weighted by Gasteiger charge is -2.18. The van der Waals surface area contributed by atoms with Gasteiger partial charge in [0, 0.05) is 24.5 Å². The lowest BCUT2D eigenvalue weighted by molar-refractivity contribution is -0.137. The fraction of sp³-hybridized carbons (Fsp3) is 0.368. The van der Waals surface area contributed by atoms with Crippen molar-refractivity contribution in [2.75, 3.05) is 18.4 Å². The standard InChI is InChI=1S/C19H25N5O4/c20-9-3-4-10-22-17-12-5-1-2-6-14(12)23-11-13(17)19(28)24-15(18(21)27)7-8-16(25)26/h1-2,5-6,11,15H,3-4,7-10,20H2,(H2,21,27)(H,22,23)(H,24,28)(H,25,26). The number of unbranched alkanes of at least 4 members (excludes halogenated alkanes) is 1. The Hall–Kier alpha value is -3.20. The van der Waals surface area contributed by atoms with Gasteiger partial charge < -0.3 is 27.2 Å². The van der Waals surface area contributed by atoms with Gasteiger partial charge >= 0.3 is 5.97 Å². The summed E-state index contributed by atoms with van der Waals surface area (Å²) in [6.07, 6.45) is 2.73. The summed E-state index contributed by atoms with van der Waals surface area (Å²) in [6.45, 7) is 1.19. The van der Waals surface area contributed by atoms with E-state index in [1.54, 1.807) is 0 Å². The number of nitrogens with zero attached hydrogens (tertiary/aromatic N) is 1. The van der Waals surface area contributed by atoms with Crippen LogP contribution in [0.3, 0.4) is 0 Å². The molecule has 1 unspecified atom stereocenters. The largest absolute Gasteiger partial charge is 0.481 e. The minimum atomic E-state index is -1.08. The molecule has 28 heavy (non-hydrogen) atoms. The average molecular weight is 387 g/mol. The molecule has 0 saturated carbocycles. The third-order valence-electron chi connectivity index (χ3n) is 4.25. The fourth-order valence-electron chi connectivity index (χ4n) is 2.78. The molecule has 1 aromatic carbocycles. The van der Waals surface area contributed by atoms with Crippen LogP contribution in [0.15, 0.2) is 30.5 Å². The van der Waals surface area contributed by atoms with Crippen molar-refractivity contribution in [2.45, 2.75) is 31.7 Å². The number of pyridine rings is 1. The van der Waals surface area contributed by atoms with Gasteiger partial charge in [0.1, 0.15) is 6.04 Å². The van der Waals surface area contributed by atoms with Crippen LogP contribution in [0.4, 0.5) is 5.69 Å². The minimum Gasteiger partial charge on any atom is -0.481 e. The van der Waals surface area contributed by atoms with Crippen LogP contribution in [0.25, 0.3) is 10.9 Å². The predicted molar refractivity (Wildman–Crippen MR) is 106 cm³/mol. The molecule has 2 aromatic rings. The number of carbonyl (C=O) groups is 3. The molecular formula is C19H25N5O4. The Kier molecular flexibility index (Phi) is 7.70. The summed E-state index contributed by atoms with van der Waals surface area (Å²) in [6, 6.07) is 6.29. The van der Waals surface area contributed by atoms with Gasteiger partial charge in [-0.25, -0.2) is 0 Å². The van der Waals surface area contributed by atoms with Gasteiger partial charge in [0.15, 0.2) is 0 Å². The summed E-state index contributed by atoms with van der Waals surface area (Å²) in [5.74, 6) is -2.41. The highest BCUT2D eigenvalue weighted by Gasteiger charge is 2.22. The quantitative estimate of drug-likeness (QED) is 0.357. The highest BCUT2D eigenvalue weighted by atomic mass is 16.4. The molecule has 0 aliphatic carbocycles. The van der Waals surface area contributed by atoms with Gasteiger partial charge in [0.05, 0.1) is 16.8 Å². The molecule has 1 atom stereocenters. The monoisotopic (exact) mass is 387 g/mol. The average Bonchev–Trinajstić information content (AvgIpc) is 2.67. The number of benzene rings is 1. The molecule has 0 fully saturated rings. The SMILES string of the molecule is NCCCCNc1c(C(=O)NC(CCC(=O)O)C(N)=O)cnc2ccccc12. The molecule has 9 nitrogen and oxygen atoms in total. The molecule has 2 amide bonds. The van der Waals surface area contributed by atoms with Gasteiger partial charge in [-0.1, -0.05) is 18.2 Å². The number of fused-ring (bicyclic) bond motifs is 1. The van der Waals surface area contributed by atoms with E-state index in [0.29, 0.717) is 18.8 Å². The number of carbonyl (C=O) groups excluding carboxylic acids is 2. The van der Waals surface area contributed by atoms with E-state index >= 15 is 0 Å². The molecule has 150 valence electrons. The number of nitrogens with two attached hydrogens (primary N) is 2. The summed E-state index contributed by atoms with van der Waals surface area (Å²) in [4.78, 5) is 39.4. The van der Waals surface area contributed by atoms with Crippen molar-refractivity contribution in [1.82, 2.24) is 10.3 Å². The van der Waals surface area contributed by atoms with Gasteiger partial charge in [0.25, 0.3) is 5.91 Å². The lowest BCUT2D eigenvalue weighted by Crippen LogP contribution is -2.44. The fourth-order valence-corrected chi connectivity index (χ4v) is 2.78. The number of nitrogens with one attached hydrogen (secondary N) is 2. The van der Waals surface area contributed by atoms with Crippen molar-refractivity contribution < 1.29 is 19.5 Å². The Morgan fingerprint density at radius 2 is 1.93 bits per heavy atom. The van der Waals surface area contributed by atoms with Crippen LogP contribution >= 0.6 is 0 Å². The summed E-state index contributed by atoms with van der Waals surface area (Å²) in [5, 5.41) is 15.3. The molecule has 1 aromatic heterocycles. The predicted octanol–water partition coefficient (Wildman–Crippen LogP) is 0.834. The van der Waals surface area contributed by atoms with Crippen molar-refractivity contribution in [3.8, 4) is 0 Å². The van der Waals surface area contributed by atoms with E-state index in [9.17, 15) is 14.4 Å². The minimum absolute atomic E-state index is 0.0866. The van der Waals surface area contributed by atoms with Gasteiger partial charge in [-0.3, -0.25) is 19.4 Å². The van der Waals surface area contributed by atoms with E-state index in [1.807, 2.05) is 24.3 Å². The maximum Gasteiger partial charge on any atom is 0.303 e. The van der Waals surface area contributed by atoms with Crippen LogP contribution in [-0.4, -0.2) is 47.0 Å². The Bertz CT molecular complexity index is 855. The number of para-hydroxylation sites is 1. The summed E-state index contributed by atoms with van der Waals surface area (Å²) >= 11 is 0. The maximum atomic E-state index is 12.8. The summed E-state index contributed by atoms with van der Waals surface area (Å²) in [7, 11) is 0. The molecule has 0 saturated heterocycles. The highest BCUT2D eigenvalue weighted by Crippen LogP contribution is 2.26.